The second kappa shape index (κ2) is 7.79. The van der Waals surface area contributed by atoms with Crippen molar-refractivity contribution in [3.05, 3.63) is 29.8 Å². The van der Waals surface area contributed by atoms with Crippen LogP contribution in [0.3, 0.4) is 0 Å². The quantitative estimate of drug-likeness (QED) is 0.784. The van der Waals surface area contributed by atoms with E-state index in [1.807, 2.05) is 49.9 Å². The predicted molar refractivity (Wildman–Crippen MR) is 75.7 cm³/mol. The summed E-state index contributed by atoms with van der Waals surface area (Å²) in [5.41, 5.74) is 1.02. The summed E-state index contributed by atoms with van der Waals surface area (Å²) in [6, 6.07) is 7.18. The Balaban J connectivity index is 2.76. The van der Waals surface area contributed by atoms with Crippen LogP contribution < -0.4 is 4.74 Å². The van der Waals surface area contributed by atoms with Crippen LogP contribution in [0.2, 0.25) is 0 Å². The highest BCUT2D eigenvalue weighted by Crippen LogP contribution is 2.15. The molecule has 0 radical (unpaired) electrons. The highest BCUT2D eigenvalue weighted by Gasteiger charge is 2.23. The first-order valence-corrected chi connectivity index (χ1v) is 6.80. The summed E-state index contributed by atoms with van der Waals surface area (Å²) in [5, 5.41) is 9.34. The van der Waals surface area contributed by atoms with E-state index in [4.69, 9.17) is 4.74 Å². The monoisotopic (exact) mass is 265 g/mol. The van der Waals surface area contributed by atoms with Crippen molar-refractivity contribution < 1.29 is 14.6 Å². The normalized spacial score (nSPS) is 12.4. The topological polar surface area (TPSA) is 49.8 Å². The van der Waals surface area contributed by atoms with Gasteiger partial charge in [-0.2, -0.15) is 0 Å². The largest absolute Gasteiger partial charge is 0.494 e. The van der Waals surface area contributed by atoms with Crippen molar-refractivity contribution in [2.75, 3.05) is 19.7 Å². The molecule has 0 saturated heterocycles. The Morgan fingerprint density at radius 2 is 1.79 bits per heavy atom. The Morgan fingerprint density at radius 3 is 2.21 bits per heavy atom. The fourth-order valence-electron chi connectivity index (χ4n) is 2.15. The van der Waals surface area contributed by atoms with Crippen molar-refractivity contribution in [1.29, 1.82) is 0 Å². The fourth-order valence-corrected chi connectivity index (χ4v) is 2.15. The van der Waals surface area contributed by atoms with Gasteiger partial charge < -0.3 is 9.84 Å². The molecule has 106 valence electrons. The van der Waals surface area contributed by atoms with Gasteiger partial charge in [0.1, 0.15) is 11.8 Å². The van der Waals surface area contributed by atoms with Crippen LogP contribution in [-0.4, -0.2) is 41.7 Å². The van der Waals surface area contributed by atoms with Gasteiger partial charge in [-0.15, -0.1) is 0 Å². The van der Waals surface area contributed by atoms with E-state index in [1.165, 1.54) is 0 Å². The molecule has 1 rings (SSSR count). The number of carbonyl (C=O) groups is 1. The molecule has 4 heteroatoms. The van der Waals surface area contributed by atoms with Gasteiger partial charge in [0.2, 0.25) is 0 Å². The molecule has 1 unspecified atom stereocenters. The lowest BCUT2D eigenvalue weighted by Gasteiger charge is -2.26. The van der Waals surface area contributed by atoms with E-state index in [-0.39, 0.29) is 0 Å². The van der Waals surface area contributed by atoms with E-state index >= 15 is 0 Å². The molecule has 1 aromatic carbocycles. The standard InChI is InChI=1S/C15H23NO3/c1-4-16(5-2)14(15(17)18)11-12-7-9-13(10-8-12)19-6-3/h7-10,14H,4-6,11H2,1-3H3,(H,17,18). The van der Waals surface area contributed by atoms with Crippen molar-refractivity contribution in [2.24, 2.45) is 0 Å². The number of carboxylic acid groups (broad SMARTS) is 1. The number of aliphatic carboxylic acids is 1. The molecule has 0 aliphatic rings. The summed E-state index contributed by atoms with van der Waals surface area (Å²) in [6.45, 7) is 8.02. The van der Waals surface area contributed by atoms with Crippen molar-refractivity contribution in [3.8, 4) is 5.75 Å². The summed E-state index contributed by atoms with van der Waals surface area (Å²) < 4.78 is 5.38. The molecule has 0 aliphatic heterocycles. The lowest BCUT2D eigenvalue weighted by Crippen LogP contribution is -2.42. The SMILES string of the molecule is CCOc1ccc(CC(C(=O)O)N(CC)CC)cc1. The van der Waals surface area contributed by atoms with E-state index in [0.29, 0.717) is 13.0 Å². The van der Waals surface area contributed by atoms with E-state index < -0.39 is 12.0 Å². The van der Waals surface area contributed by atoms with Gasteiger partial charge in [-0.25, -0.2) is 0 Å². The van der Waals surface area contributed by atoms with Crippen molar-refractivity contribution in [2.45, 2.75) is 33.2 Å². The van der Waals surface area contributed by atoms with Gasteiger partial charge in [-0.1, -0.05) is 26.0 Å². The molecule has 0 fully saturated rings. The van der Waals surface area contributed by atoms with Gasteiger partial charge >= 0.3 is 5.97 Å². The minimum absolute atomic E-state index is 0.465. The molecule has 1 aromatic rings. The molecule has 0 spiro atoms. The predicted octanol–water partition coefficient (Wildman–Crippen LogP) is 2.42. The van der Waals surface area contributed by atoms with Gasteiger partial charge in [0.25, 0.3) is 0 Å². The minimum Gasteiger partial charge on any atom is -0.494 e. The van der Waals surface area contributed by atoms with Crippen LogP contribution in [0.4, 0.5) is 0 Å². The van der Waals surface area contributed by atoms with Gasteiger partial charge in [0, 0.05) is 0 Å². The first-order valence-electron chi connectivity index (χ1n) is 6.80. The Hall–Kier alpha value is -1.55. The van der Waals surface area contributed by atoms with E-state index in [2.05, 4.69) is 0 Å². The van der Waals surface area contributed by atoms with Crippen LogP contribution in [-0.2, 0) is 11.2 Å². The van der Waals surface area contributed by atoms with Gasteiger partial charge in [0.15, 0.2) is 0 Å². The molecule has 19 heavy (non-hydrogen) atoms. The van der Waals surface area contributed by atoms with Crippen molar-refractivity contribution in [3.63, 3.8) is 0 Å². The van der Waals surface area contributed by atoms with Crippen LogP contribution in [0, 0.1) is 0 Å². The van der Waals surface area contributed by atoms with Gasteiger partial charge in [-0.3, -0.25) is 9.69 Å². The fraction of sp³-hybridized carbons (Fsp3) is 0.533. The number of carboxylic acids is 1. The van der Waals surface area contributed by atoms with Gasteiger partial charge in [0.05, 0.1) is 6.61 Å². The van der Waals surface area contributed by atoms with E-state index in [0.717, 1.165) is 24.4 Å². The smallest absolute Gasteiger partial charge is 0.321 e. The summed E-state index contributed by atoms with van der Waals surface area (Å²) in [5.74, 6) is 0.0542. The number of hydrogen-bond donors (Lipinski definition) is 1. The van der Waals surface area contributed by atoms with Crippen LogP contribution >= 0.6 is 0 Å². The number of ether oxygens (including phenoxy) is 1. The van der Waals surface area contributed by atoms with Crippen LogP contribution in [0.25, 0.3) is 0 Å². The molecule has 4 nitrogen and oxygen atoms in total. The third-order valence-electron chi connectivity index (χ3n) is 3.20. The zero-order valence-electron chi connectivity index (χ0n) is 11.9. The number of likely N-dealkylation sites (N-methyl/N-ethyl adjacent to an activating group) is 1. The van der Waals surface area contributed by atoms with Gasteiger partial charge in [-0.05, 0) is 44.1 Å². The summed E-state index contributed by atoms with van der Waals surface area (Å²) >= 11 is 0. The van der Waals surface area contributed by atoms with Crippen LogP contribution in [0.5, 0.6) is 5.75 Å². The molecule has 0 bridgehead atoms. The molecular formula is C15H23NO3. The molecule has 1 N–H and O–H groups in total. The molecule has 0 aliphatic carbocycles. The number of nitrogens with zero attached hydrogens (tertiary/aromatic N) is 1. The third-order valence-corrected chi connectivity index (χ3v) is 3.20. The van der Waals surface area contributed by atoms with Crippen molar-refractivity contribution in [1.82, 2.24) is 4.90 Å². The Kier molecular flexibility index (Phi) is 6.36. The Bertz CT molecular complexity index is 385. The Labute approximate surface area is 115 Å². The van der Waals surface area contributed by atoms with Crippen LogP contribution in [0.15, 0.2) is 24.3 Å². The first kappa shape index (κ1) is 15.5. The average Bonchev–Trinajstić information content (AvgIpc) is 2.41. The zero-order valence-corrected chi connectivity index (χ0v) is 11.9. The lowest BCUT2D eigenvalue weighted by molar-refractivity contribution is -0.143. The zero-order chi connectivity index (χ0) is 14.3. The molecule has 0 saturated carbocycles. The average molecular weight is 265 g/mol. The maximum atomic E-state index is 11.4. The number of rotatable bonds is 8. The van der Waals surface area contributed by atoms with E-state index in [1.54, 1.807) is 0 Å². The number of benzene rings is 1. The third kappa shape index (κ3) is 4.56. The maximum Gasteiger partial charge on any atom is 0.321 e. The molecule has 0 heterocycles. The van der Waals surface area contributed by atoms with Crippen LogP contribution in [0.1, 0.15) is 26.3 Å². The Morgan fingerprint density at radius 1 is 1.21 bits per heavy atom. The lowest BCUT2D eigenvalue weighted by atomic mass is 10.0. The minimum atomic E-state index is -0.766. The summed E-state index contributed by atoms with van der Waals surface area (Å²) in [7, 11) is 0. The molecule has 1 atom stereocenters. The second-order valence-electron chi connectivity index (χ2n) is 4.36. The van der Waals surface area contributed by atoms with E-state index in [9.17, 15) is 9.90 Å². The molecular weight excluding hydrogens is 242 g/mol. The van der Waals surface area contributed by atoms with Crippen molar-refractivity contribution >= 4 is 5.97 Å². The second-order valence-corrected chi connectivity index (χ2v) is 4.36. The molecule has 0 aromatic heterocycles. The summed E-state index contributed by atoms with van der Waals surface area (Å²) in [6.07, 6.45) is 0.517. The molecule has 0 amide bonds. The maximum absolute atomic E-state index is 11.4. The highest BCUT2D eigenvalue weighted by molar-refractivity contribution is 5.74. The first-order chi connectivity index (χ1) is 9.12. The summed E-state index contributed by atoms with van der Waals surface area (Å²) in [4.78, 5) is 13.3. The number of hydrogen-bond acceptors (Lipinski definition) is 3. The highest BCUT2D eigenvalue weighted by atomic mass is 16.5.